The van der Waals surface area contributed by atoms with Crippen LogP contribution < -0.4 is 10.1 Å². The van der Waals surface area contributed by atoms with Gasteiger partial charge >= 0.3 is 0 Å². The summed E-state index contributed by atoms with van der Waals surface area (Å²) in [6, 6.07) is 6.49. The van der Waals surface area contributed by atoms with Gasteiger partial charge in [0.05, 0.1) is 0 Å². The van der Waals surface area contributed by atoms with Crippen molar-refractivity contribution in [2.75, 3.05) is 12.8 Å². The van der Waals surface area contributed by atoms with Crippen molar-refractivity contribution in [1.29, 1.82) is 0 Å². The van der Waals surface area contributed by atoms with Gasteiger partial charge in [-0.2, -0.15) is 11.8 Å². The van der Waals surface area contributed by atoms with Crippen molar-refractivity contribution in [3.63, 3.8) is 0 Å². The van der Waals surface area contributed by atoms with Gasteiger partial charge in [0, 0.05) is 29.8 Å². The van der Waals surface area contributed by atoms with Crippen LogP contribution in [-0.4, -0.2) is 23.1 Å². The molecule has 0 saturated heterocycles. The predicted molar refractivity (Wildman–Crippen MR) is 84.2 cm³/mol. The van der Waals surface area contributed by atoms with Crippen molar-refractivity contribution >= 4 is 11.8 Å². The topological polar surface area (TPSA) is 21.3 Å². The third kappa shape index (κ3) is 3.67. The van der Waals surface area contributed by atoms with E-state index in [-0.39, 0.29) is 10.3 Å². The van der Waals surface area contributed by atoms with Gasteiger partial charge in [-0.15, -0.1) is 0 Å². The molecule has 19 heavy (non-hydrogen) atoms. The number of benzene rings is 1. The van der Waals surface area contributed by atoms with Gasteiger partial charge in [-0.05, 0) is 39.5 Å². The Kier molecular flexibility index (Phi) is 4.17. The highest BCUT2D eigenvalue weighted by atomic mass is 32.2. The van der Waals surface area contributed by atoms with E-state index in [1.165, 1.54) is 11.1 Å². The van der Waals surface area contributed by atoms with Crippen molar-refractivity contribution in [1.82, 2.24) is 5.32 Å². The molecule has 2 nitrogen and oxygen atoms in total. The summed E-state index contributed by atoms with van der Waals surface area (Å²) < 4.78 is 6.37. The van der Waals surface area contributed by atoms with E-state index >= 15 is 0 Å². The first-order valence-corrected chi connectivity index (χ1v) is 8.11. The number of rotatable bonds is 5. The molecule has 0 spiro atoms. The maximum atomic E-state index is 6.09. The zero-order chi connectivity index (χ0) is 14.1. The maximum absolute atomic E-state index is 6.09. The Bertz CT molecular complexity index is 454. The van der Waals surface area contributed by atoms with Crippen molar-refractivity contribution < 1.29 is 4.74 Å². The van der Waals surface area contributed by atoms with Gasteiger partial charge in [0.15, 0.2) is 0 Å². The molecule has 0 aromatic heterocycles. The average Bonchev–Trinajstić information content (AvgIpc) is 2.64. The Morgan fingerprint density at radius 1 is 1.37 bits per heavy atom. The lowest BCUT2D eigenvalue weighted by Gasteiger charge is -2.23. The fourth-order valence-corrected chi connectivity index (χ4v) is 2.64. The number of nitrogens with one attached hydrogen (secondary N) is 1. The zero-order valence-electron chi connectivity index (χ0n) is 12.7. The Labute approximate surface area is 121 Å². The van der Waals surface area contributed by atoms with E-state index in [1.54, 1.807) is 0 Å². The maximum Gasteiger partial charge on any atom is 0.127 e. The van der Waals surface area contributed by atoms with Gasteiger partial charge < -0.3 is 10.1 Å². The molecule has 1 aromatic rings. The predicted octanol–water partition coefficient (Wildman–Crippen LogP) is 3.63. The normalized spacial score (nSPS) is 17.1. The molecular weight excluding hydrogens is 254 g/mol. The molecule has 106 valence electrons. The van der Waals surface area contributed by atoms with E-state index in [2.05, 4.69) is 57.5 Å². The minimum Gasteiger partial charge on any atom is -0.487 e. The van der Waals surface area contributed by atoms with Gasteiger partial charge in [-0.25, -0.2) is 0 Å². The summed E-state index contributed by atoms with van der Waals surface area (Å²) in [5.74, 6) is 1.10. The molecule has 1 N–H and O–H groups in total. The van der Waals surface area contributed by atoms with Crippen LogP contribution in [0.4, 0.5) is 0 Å². The third-order valence-electron chi connectivity index (χ3n) is 3.59. The van der Waals surface area contributed by atoms with E-state index in [4.69, 9.17) is 4.74 Å². The first-order chi connectivity index (χ1) is 8.83. The van der Waals surface area contributed by atoms with Gasteiger partial charge in [0.2, 0.25) is 0 Å². The van der Waals surface area contributed by atoms with E-state index in [1.807, 2.05) is 11.8 Å². The lowest BCUT2D eigenvalue weighted by atomic mass is 10.0. The Morgan fingerprint density at radius 2 is 2.11 bits per heavy atom. The standard InChI is InChI=1S/C16H25NOS/c1-15(2)9-12-7-6-8-13(14(12)18-15)10-17-11-16(3,4)19-5/h6-8,17H,9-11H2,1-5H3. The van der Waals surface area contributed by atoms with Crippen LogP contribution in [0.3, 0.4) is 0 Å². The summed E-state index contributed by atoms with van der Waals surface area (Å²) in [7, 11) is 0. The highest BCUT2D eigenvalue weighted by molar-refractivity contribution is 7.99. The van der Waals surface area contributed by atoms with E-state index in [9.17, 15) is 0 Å². The lowest BCUT2D eigenvalue weighted by molar-refractivity contribution is 0.137. The van der Waals surface area contributed by atoms with Crippen LogP contribution in [-0.2, 0) is 13.0 Å². The SMILES string of the molecule is CSC(C)(C)CNCc1cccc2c1OC(C)(C)C2. The second-order valence-corrected chi connectivity index (χ2v) is 8.02. The summed E-state index contributed by atoms with van der Waals surface area (Å²) >= 11 is 1.89. The fraction of sp³-hybridized carbons (Fsp3) is 0.625. The van der Waals surface area contributed by atoms with Crippen LogP contribution in [0, 0.1) is 0 Å². The van der Waals surface area contributed by atoms with Crippen molar-refractivity contribution in [3.05, 3.63) is 29.3 Å². The molecule has 0 bridgehead atoms. The number of thioether (sulfide) groups is 1. The minimum atomic E-state index is -0.0586. The lowest BCUT2D eigenvalue weighted by Crippen LogP contribution is -2.31. The smallest absolute Gasteiger partial charge is 0.127 e. The molecule has 1 aromatic carbocycles. The van der Waals surface area contributed by atoms with E-state index in [0.717, 1.165) is 25.3 Å². The highest BCUT2D eigenvalue weighted by Crippen LogP contribution is 2.37. The summed E-state index contributed by atoms with van der Waals surface area (Å²) in [5.41, 5.74) is 2.56. The zero-order valence-corrected chi connectivity index (χ0v) is 13.5. The monoisotopic (exact) mass is 279 g/mol. The molecule has 1 aliphatic rings. The molecule has 0 fully saturated rings. The van der Waals surface area contributed by atoms with Gasteiger partial charge in [0.1, 0.15) is 11.4 Å². The van der Waals surface area contributed by atoms with Gasteiger partial charge in [0.25, 0.3) is 0 Å². The Balaban J connectivity index is 2.02. The molecule has 0 amide bonds. The molecule has 0 saturated carbocycles. The quantitative estimate of drug-likeness (QED) is 0.889. The Morgan fingerprint density at radius 3 is 2.79 bits per heavy atom. The summed E-state index contributed by atoms with van der Waals surface area (Å²) in [4.78, 5) is 0. The summed E-state index contributed by atoms with van der Waals surface area (Å²) in [6.07, 6.45) is 3.17. The Hall–Kier alpha value is -0.670. The van der Waals surface area contributed by atoms with Crippen molar-refractivity contribution in [2.24, 2.45) is 0 Å². The fourth-order valence-electron chi connectivity index (χ4n) is 2.39. The molecule has 0 atom stereocenters. The summed E-state index contributed by atoms with van der Waals surface area (Å²) in [6.45, 7) is 10.7. The average molecular weight is 279 g/mol. The molecular formula is C16H25NOS. The number of ether oxygens (including phenoxy) is 1. The first kappa shape index (κ1) is 14.7. The number of hydrogen-bond acceptors (Lipinski definition) is 3. The van der Waals surface area contributed by atoms with Crippen LogP contribution in [0.2, 0.25) is 0 Å². The van der Waals surface area contributed by atoms with Crippen LogP contribution in [0.5, 0.6) is 5.75 Å². The third-order valence-corrected chi connectivity index (χ3v) is 4.84. The molecule has 0 aliphatic carbocycles. The van der Waals surface area contributed by atoms with Crippen molar-refractivity contribution in [2.45, 2.75) is 51.0 Å². The molecule has 2 rings (SSSR count). The molecule has 0 unspecified atom stereocenters. The van der Waals surface area contributed by atoms with Crippen LogP contribution in [0.1, 0.15) is 38.8 Å². The summed E-state index contributed by atoms with van der Waals surface area (Å²) in [5, 5.41) is 3.55. The largest absolute Gasteiger partial charge is 0.487 e. The van der Waals surface area contributed by atoms with Crippen LogP contribution >= 0.6 is 11.8 Å². The number of para-hydroxylation sites is 1. The molecule has 0 radical (unpaired) electrons. The second kappa shape index (κ2) is 5.37. The van der Waals surface area contributed by atoms with Crippen LogP contribution in [0.25, 0.3) is 0 Å². The minimum absolute atomic E-state index is 0.0586. The van der Waals surface area contributed by atoms with Crippen LogP contribution in [0.15, 0.2) is 18.2 Å². The van der Waals surface area contributed by atoms with Gasteiger partial charge in [-0.1, -0.05) is 18.2 Å². The van der Waals surface area contributed by atoms with E-state index in [0.29, 0.717) is 0 Å². The van der Waals surface area contributed by atoms with E-state index < -0.39 is 0 Å². The molecule has 1 aliphatic heterocycles. The number of fused-ring (bicyclic) bond motifs is 1. The first-order valence-electron chi connectivity index (χ1n) is 6.89. The highest BCUT2D eigenvalue weighted by Gasteiger charge is 2.31. The van der Waals surface area contributed by atoms with Gasteiger partial charge in [-0.3, -0.25) is 0 Å². The molecule has 1 heterocycles. The van der Waals surface area contributed by atoms with Crippen molar-refractivity contribution in [3.8, 4) is 5.75 Å². The number of hydrogen-bond donors (Lipinski definition) is 1. The second-order valence-electron chi connectivity index (χ2n) is 6.51. The molecule has 3 heteroatoms.